The van der Waals surface area contributed by atoms with Crippen LogP contribution < -0.4 is 0 Å². The molecule has 6 rings (SSSR count). The fourth-order valence-corrected chi connectivity index (χ4v) is 5.83. The van der Waals surface area contributed by atoms with Gasteiger partial charge in [0.05, 0.1) is 12.1 Å². The van der Waals surface area contributed by atoms with Gasteiger partial charge in [0.25, 0.3) is 5.91 Å². The Morgan fingerprint density at radius 1 is 0.825 bits per heavy atom. The summed E-state index contributed by atoms with van der Waals surface area (Å²) in [5, 5.41) is 0. The van der Waals surface area contributed by atoms with E-state index in [1.54, 1.807) is 0 Å². The van der Waals surface area contributed by atoms with Crippen LogP contribution in [0.5, 0.6) is 0 Å². The van der Waals surface area contributed by atoms with Crippen molar-refractivity contribution in [2.24, 2.45) is 0 Å². The molecule has 8 heteroatoms. The maximum Gasteiger partial charge on any atom is 0.255 e. The molecule has 5 aromatic rings. The van der Waals surface area contributed by atoms with Crippen molar-refractivity contribution in [1.29, 1.82) is 0 Å². The van der Waals surface area contributed by atoms with Crippen molar-refractivity contribution in [3.05, 3.63) is 125 Å². The van der Waals surface area contributed by atoms with Crippen LogP contribution in [-0.4, -0.2) is 52.5 Å². The Morgan fingerprint density at radius 3 is 2.30 bits per heavy atom. The quantitative estimate of drug-likeness (QED) is 0.280. The van der Waals surface area contributed by atoms with Crippen LogP contribution in [-0.2, 0) is 19.6 Å². The summed E-state index contributed by atoms with van der Waals surface area (Å²) in [6, 6.07) is 16.5. The summed E-state index contributed by atoms with van der Waals surface area (Å²) < 4.78 is 6.64. The van der Waals surface area contributed by atoms with Gasteiger partial charge in [0.1, 0.15) is 11.6 Å². The molecule has 40 heavy (non-hydrogen) atoms. The zero-order valence-corrected chi connectivity index (χ0v) is 23.1. The molecule has 5 heterocycles. The summed E-state index contributed by atoms with van der Waals surface area (Å²) in [7, 11) is 0. The molecule has 1 aromatic carbocycles. The number of pyridine rings is 1. The van der Waals surface area contributed by atoms with Gasteiger partial charge in [-0.15, -0.1) is 0 Å². The van der Waals surface area contributed by atoms with Crippen molar-refractivity contribution in [3.8, 4) is 0 Å². The van der Waals surface area contributed by atoms with E-state index in [-0.39, 0.29) is 5.91 Å². The van der Waals surface area contributed by atoms with Crippen LogP contribution in [0.1, 0.15) is 63.3 Å². The summed E-state index contributed by atoms with van der Waals surface area (Å²) in [5.41, 5.74) is 5.34. The second-order valence-corrected chi connectivity index (χ2v) is 10.7. The third kappa shape index (κ3) is 5.34. The van der Waals surface area contributed by atoms with Crippen molar-refractivity contribution < 1.29 is 4.79 Å². The Labute approximate surface area is 235 Å². The Kier molecular flexibility index (Phi) is 7.31. The van der Waals surface area contributed by atoms with Crippen LogP contribution in [0, 0.1) is 13.8 Å². The Morgan fingerprint density at radius 2 is 1.52 bits per heavy atom. The molecule has 0 unspecified atom stereocenters. The third-order valence-corrected chi connectivity index (χ3v) is 8.10. The lowest BCUT2D eigenvalue weighted by Gasteiger charge is -2.32. The van der Waals surface area contributed by atoms with Gasteiger partial charge in [0.15, 0.2) is 0 Å². The van der Waals surface area contributed by atoms with Crippen LogP contribution in [0.2, 0.25) is 0 Å². The van der Waals surface area contributed by atoms with Crippen molar-refractivity contribution in [1.82, 2.24) is 33.6 Å². The minimum atomic E-state index is 0.124. The number of aromatic nitrogens is 6. The summed E-state index contributed by atoms with van der Waals surface area (Å²) in [6.45, 7) is 7.79. The van der Waals surface area contributed by atoms with Crippen molar-refractivity contribution in [2.45, 2.75) is 52.2 Å². The molecule has 0 atom stereocenters. The molecular weight excluding hydrogens is 498 g/mol. The first-order valence-corrected chi connectivity index (χ1v) is 14.0. The van der Waals surface area contributed by atoms with E-state index >= 15 is 0 Å². The zero-order chi connectivity index (χ0) is 27.5. The summed E-state index contributed by atoms with van der Waals surface area (Å²) >= 11 is 0. The van der Waals surface area contributed by atoms with Gasteiger partial charge in [-0.2, -0.15) is 0 Å². The number of carbonyl (C=O) groups excluding carboxylic acids is 1. The lowest BCUT2D eigenvalue weighted by atomic mass is 9.95. The van der Waals surface area contributed by atoms with E-state index in [0.29, 0.717) is 12.5 Å². The van der Waals surface area contributed by atoms with E-state index in [0.717, 1.165) is 67.6 Å². The number of hydrogen-bond donors (Lipinski definition) is 0. The summed E-state index contributed by atoms with van der Waals surface area (Å²) in [4.78, 5) is 29.1. The predicted molar refractivity (Wildman–Crippen MR) is 154 cm³/mol. The van der Waals surface area contributed by atoms with Crippen LogP contribution >= 0.6 is 0 Å². The average molecular weight is 534 g/mol. The minimum absolute atomic E-state index is 0.124. The smallest absolute Gasteiger partial charge is 0.255 e. The molecule has 4 aromatic heterocycles. The first-order chi connectivity index (χ1) is 19.6. The number of imidazole rings is 2. The third-order valence-electron chi connectivity index (χ3n) is 8.10. The molecule has 0 saturated carbocycles. The van der Waals surface area contributed by atoms with Crippen molar-refractivity contribution in [2.75, 3.05) is 13.1 Å². The topological polar surface area (TPSA) is 73.8 Å². The van der Waals surface area contributed by atoms with E-state index in [9.17, 15) is 4.79 Å². The second-order valence-electron chi connectivity index (χ2n) is 10.7. The monoisotopic (exact) mass is 533 g/mol. The van der Waals surface area contributed by atoms with E-state index in [2.05, 4.69) is 54.9 Å². The minimum Gasteiger partial charge on any atom is -0.344 e. The maximum absolute atomic E-state index is 13.6. The second kappa shape index (κ2) is 11.3. The predicted octanol–water partition coefficient (Wildman–Crippen LogP) is 5.06. The molecule has 1 aliphatic heterocycles. The largest absolute Gasteiger partial charge is 0.344 e. The molecule has 0 radical (unpaired) electrons. The van der Waals surface area contributed by atoms with Crippen LogP contribution in [0.3, 0.4) is 0 Å². The summed E-state index contributed by atoms with van der Waals surface area (Å²) in [5.74, 6) is 2.53. The number of aryl methyl sites for hydroxylation is 1. The zero-order valence-electron chi connectivity index (χ0n) is 23.1. The number of piperidine rings is 1. The Hall–Kier alpha value is -4.46. The highest BCUT2D eigenvalue weighted by Gasteiger charge is 2.29. The Balaban J connectivity index is 1.10. The lowest BCUT2D eigenvalue weighted by molar-refractivity contribution is 0.0709. The highest BCUT2D eigenvalue weighted by molar-refractivity contribution is 5.95. The van der Waals surface area contributed by atoms with Crippen LogP contribution in [0.4, 0.5) is 0 Å². The normalized spacial score (nSPS) is 14.1. The summed E-state index contributed by atoms with van der Waals surface area (Å²) in [6.07, 6.45) is 13.3. The maximum atomic E-state index is 13.6. The number of hydrogen-bond acceptors (Lipinski definition) is 4. The molecule has 0 bridgehead atoms. The van der Waals surface area contributed by atoms with E-state index in [1.807, 2.05) is 73.3 Å². The van der Waals surface area contributed by atoms with Crippen LogP contribution in [0.15, 0.2) is 85.7 Å². The SMILES string of the molecule is Cc1cc(C(=O)N2CCC(c3nccn3Cc3nccn3Cc3ccccc3)CC2)c(C)n1Cc1ccncc1. The number of benzene rings is 1. The molecule has 0 N–H and O–H groups in total. The average Bonchev–Trinajstić information content (AvgIpc) is 3.71. The molecule has 1 amide bonds. The van der Waals surface area contributed by atoms with Crippen LogP contribution in [0.25, 0.3) is 0 Å². The fourth-order valence-electron chi connectivity index (χ4n) is 5.83. The molecule has 1 fully saturated rings. The first-order valence-electron chi connectivity index (χ1n) is 14.0. The molecular formula is C32H35N7O. The van der Waals surface area contributed by atoms with E-state index < -0.39 is 0 Å². The van der Waals surface area contributed by atoms with Gasteiger partial charge in [-0.1, -0.05) is 30.3 Å². The molecule has 1 saturated heterocycles. The lowest BCUT2D eigenvalue weighted by Crippen LogP contribution is -2.38. The number of amides is 1. The Bertz CT molecular complexity index is 1570. The van der Waals surface area contributed by atoms with E-state index in [4.69, 9.17) is 4.98 Å². The van der Waals surface area contributed by atoms with Gasteiger partial charge >= 0.3 is 0 Å². The highest BCUT2D eigenvalue weighted by Crippen LogP contribution is 2.29. The van der Waals surface area contributed by atoms with E-state index in [1.165, 1.54) is 11.1 Å². The van der Waals surface area contributed by atoms with Crippen molar-refractivity contribution in [3.63, 3.8) is 0 Å². The molecule has 0 spiro atoms. The van der Waals surface area contributed by atoms with Crippen molar-refractivity contribution >= 4 is 5.91 Å². The molecule has 0 aliphatic carbocycles. The van der Waals surface area contributed by atoms with Gasteiger partial charge in [-0.05, 0) is 56.0 Å². The van der Waals surface area contributed by atoms with Gasteiger partial charge in [0, 0.05) is 80.7 Å². The van der Waals surface area contributed by atoms with Gasteiger partial charge in [-0.3, -0.25) is 9.78 Å². The van der Waals surface area contributed by atoms with Gasteiger partial charge in [0.2, 0.25) is 0 Å². The number of rotatable bonds is 8. The highest BCUT2D eigenvalue weighted by atomic mass is 16.2. The number of carbonyl (C=O) groups is 1. The first kappa shape index (κ1) is 25.8. The standard InChI is InChI=1S/C32H35N7O/c1-24-20-29(25(2)39(24)22-27-8-12-33-13-9-27)32(40)36-16-10-28(11-17-36)31-35-15-19-38(31)23-30-34-14-18-37(30)21-26-6-4-3-5-7-26/h3-9,12-15,18-20,28H,10-11,16-17,21-23H2,1-2H3. The van der Waals surface area contributed by atoms with Gasteiger partial charge < -0.3 is 18.6 Å². The fraction of sp³-hybridized carbons (Fsp3) is 0.312. The number of nitrogens with zero attached hydrogens (tertiary/aromatic N) is 7. The molecule has 204 valence electrons. The molecule has 1 aliphatic rings. The number of likely N-dealkylation sites (tertiary alicyclic amines) is 1. The van der Waals surface area contributed by atoms with Gasteiger partial charge in [-0.25, -0.2) is 9.97 Å². The molecule has 8 nitrogen and oxygen atoms in total.